The molecule has 0 radical (unpaired) electrons. The summed E-state index contributed by atoms with van der Waals surface area (Å²) in [6.45, 7) is 4.06. The van der Waals surface area contributed by atoms with Crippen molar-refractivity contribution in [2.45, 2.75) is 13.2 Å². The van der Waals surface area contributed by atoms with Crippen molar-refractivity contribution in [3.05, 3.63) is 83.4 Å². The van der Waals surface area contributed by atoms with Gasteiger partial charge in [0.05, 0.1) is 21.3 Å². The molecular formula is C28H32N2O5. The van der Waals surface area contributed by atoms with Crippen molar-refractivity contribution in [2.75, 3.05) is 47.5 Å². The standard InChI is InChI=1S/C28H32N2O5/c1-32-23-13-12-22(18-26(23)35-20-21-8-5-4-6-9-21)19-29-14-16-30(17-15-29)28(31)27-24(33-2)10-7-11-25(27)34-3/h4-13,18H,14-17,19-20H2,1-3H3. The highest BCUT2D eigenvalue weighted by Gasteiger charge is 2.27. The quantitative estimate of drug-likeness (QED) is 0.460. The van der Waals surface area contributed by atoms with Gasteiger partial charge in [-0.2, -0.15) is 0 Å². The predicted molar refractivity (Wildman–Crippen MR) is 134 cm³/mol. The van der Waals surface area contributed by atoms with E-state index < -0.39 is 0 Å². The average molecular weight is 477 g/mol. The van der Waals surface area contributed by atoms with Crippen LogP contribution in [0, 0.1) is 0 Å². The van der Waals surface area contributed by atoms with E-state index in [2.05, 4.69) is 11.0 Å². The topological polar surface area (TPSA) is 60.5 Å². The number of carbonyl (C=O) groups excluding carboxylic acids is 1. The van der Waals surface area contributed by atoms with Gasteiger partial charge in [-0.3, -0.25) is 9.69 Å². The summed E-state index contributed by atoms with van der Waals surface area (Å²) >= 11 is 0. The molecule has 1 heterocycles. The van der Waals surface area contributed by atoms with Crippen LogP contribution in [0.15, 0.2) is 66.7 Å². The molecule has 35 heavy (non-hydrogen) atoms. The normalized spacial score (nSPS) is 13.9. The Morgan fingerprint density at radius 3 is 2.00 bits per heavy atom. The van der Waals surface area contributed by atoms with Gasteiger partial charge in [0, 0.05) is 32.7 Å². The maximum absolute atomic E-state index is 13.2. The zero-order valence-electron chi connectivity index (χ0n) is 20.5. The summed E-state index contributed by atoms with van der Waals surface area (Å²) in [6.07, 6.45) is 0. The maximum atomic E-state index is 13.2. The second-order valence-corrected chi connectivity index (χ2v) is 8.37. The van der Waals surface area contributed by atoms with Gasteiger partial charge in [-0.1, -0.05) is 42.5 Å². The highest BCUT2D eigenvalue weighted by molar-refractivity contribution is 5.99. The fourth-order valence-corrected chi connectivity index (χ4v) is 4.25. The van der Waals surface area contributed by atoms with Gasteiger partial charge in [-0.25, -0.2) is 0 Å². The highest BCUT2D eigenvalue weighted by atomic mass is 16.5. The van der Waals surface area contributed by atoms with Crippen LogP contribution in [-0.4, -0.2) is 63.2 Å². The molecule has 1 aliphatic rings. The van der Waals surface area contributed by atoms with Crippen molar-refractivity contribution in [3.8, 4) is 23.0 Å². The summed E-state index contributed by atoms with van der Waals surface area (Å²) < 4.78 is 22.4. The largest absolute Gasteiger partial charge is 0.496 e. The molecular weight excluding hydrogens is 444 g/mol. The number of methoxy groups -OCH3 is 3. The maximum Gasteiger partial charge on any atom is 0.261 e. The summed E-state index contributed by atoms with van der Waals surface area (Å²) in [7, 11) is 4.78. The number of piperazine rings is 1. The van der Waals surface area contributed by atoms with Crippen molar-refractivity contribution >= 4 is 5.91 Å². The molecule has 0 N–H and O–H groups in total. The Balaban J connectivity index is 1.38. The minimum Gasteiger partial charge on any atom is -0.496 e. The van der Waals surface area contributed by atoms with Crippen molar-refractivity contribution < 1.29 is 23.7 Å². The Morgan fingerprint density at radius 1 is 0.714 bits per heavy atom. The Kier molecular flexibility index (Phi) is 8.11. The lowest BCUT2D eigenvalue weighted by Gasteiger charge is -2.35. The first-order chi connectivity index (χ1) is 17.1. The first kappa shape index (κ1) is 24.4. The molecule has 0 aromatic heterocycles. The van der Waals surface area contributed by atoms with Crippen molar-refractivity contribution in [2.24, 2.45) is 0 Å². The highest BCUT2D eigenvalue weighted by Crippen LogP contribution is 2.31. The second kappa shape index (κ2) is 11.6. The number of amides is 1. The Morgan fingerprint density at radius 2 is 1.37 bits per heavy atom. The first-order valence-corrected chi connectivity index (χ1v) is 11.7. The molecule has 0 saturated carbocycles. The lowest BCUT2D eigenvalue weighted by Crippen LogP contribution is -2.48. The minimum absolute atomic E-state index is 0.0694. The molecule has 3 aromatic rings. The van der Waals surface area contributed by atoms with Crippen LogP contribution in [0.25, 0.3) is 0 Å². The molecule has 0 spiro atoms. The van der Waals surface area contributed by atoms with Crippen LogP contribution < -0.4 is 18.9 Å². The lowest BCUT2D eigenvalue weighted by molar-refractivity contribution is 0.0622. The van der Waals surface area contributed by atoms with E-state index in [1.54, 1.807) is 33.5 Å². The summed E-state index contributed by atoms with van der Waals surface area (Å²) in [4.78, 5) is 17.4. The molecule has 1 fully saturated rings. The van der Waals surface area contributed by atoms with Crippen LogP contribution in [0.4, 0.5) is 0 Å². The number of benzene rings is 3. The smallest absolute Gasteiger partial charge is 0.261 e. The number of hydrogen-bond donors (Lipinski definition) is 0. The molecule has 1 aliphatic heterocycles. The second-order valence-electron chi connectivity index (χ2n) is 8.37. The van der Waals surface area contributed by atoms with E-state index in [-0.39, 0.29) is 5.91 Å². The van der Waals surface area contributed by atoms with Crippen LogP contribution in [0.2, 0.25) is 0 Å². The zero-order chi connectivity index (χ0) is 24.6. The zero-order valence-corrected chi connectivity index (χ0v) is 20.5. The molecule has 1 saturated heterocycles. The Hall–Kier alpha value is -3.71. The van der Waals surface area contributed by atoms with Crippen LogP contribution in [0.3, 0.4) is 0 Å². The van der Waals surface area contributed by atoms with Crippen molar-refractivity contribution in [1.29, 1.82) is 0 Å². The third-order valence-electron chi connectivity index (χ3n) is 6.17. The molecule has 0 unspecified atom stereocenters. The molecule has 4 rings (SSSR count). The number of hydrogen-bond acceptors (Lipinski definition) is 6. The van der Waals surface area contributed by atoms with E-state index >= 15 is 0 Å². The third kappa shape index (κ3) is 5.87. The van der Waals surface area contributed by atoms with E-state index in [0.29, 0.717) is 42.5 Å². The van der Waals surface area contributed by atoms with Gasteiger partial charge in [0.2, 0.25) is 0 Å². The number of ether oxygens (including phenoxy) is 4. The third-order valence-corrected chi connectivity index (χ3v) is 6.17. The van der Waals surface area contributed by atoms with E-state index in [1.165, 1.54) is 0 Å². The van der Waals surface area contributed by atoms with Crippen molar-refractivity contribution in [1.82, 2.24) is 9.80 Å². The van der Waals surface area contributed by atoms with Crippen LogP contribution in [0.5, 0.6) is 23.0 Å². The van der Waals surface area contributed by atoms with E-state index in [1.807, 2.05) is 53.4 Å². The minimum atomic E-state index is -0.0694. The number of nitrogens with zero attached hydrogens (tertiary/aromatic N) is 2. The number of carbonyl (C=O) groups is 1. The van der Waals surface area contributed by atoms with Gasteiger partial charge < -0.3 is 23.8 Å². The molecule has 7 nitrogen and oxygen atoms in total. The van der Waals surface area contributed by atoms with Gasteiger partial charge in [-0.15, -0.1) is 0 Å². The molecule has 1 amide bonds. The molecule has 0 bridgehead atoms. The van der Waals surface area contributed by atoms with Crippen LogP contribution >= 0.6 is 0 Å². The molecule has 7 heteroatoms. The fraction of sp³-hybridized carbons (Fsp3) is 0.321. The SMILES string of the molecule is COc1ccc(CN2CCN(C(=O)c3c(OC)cccc3OC)CC2)cc1OCc1ccccc1. The van der Waals surface area contributed by atoms with Gasteiger partial charge in [0.25, 0.3) is 5.91 Å². The number of rotatable bonds is 9. The van der Waals surface area contributed by atoms with Crippen LogP contribution in [0.1, 0.15) is 21.5 Å². The lowest BCUT2D eigenvalue weighted by atomic mass is 10.1. The monoisotopic (exact) mass is 476 g/mol. The molecule has 184 valence electrons. The van der Waals surface area contributed by atoms with Gasteiger partial charge in [0.15, 0.2) is 11.5 Å². The molecule has 0 aliphatic carbocycles. The summed E-state index contributed by atoms with van der Waals surface area (Å²) in [6, 6.07) is 21.5. The summed E-state index contributed by atoms with van der Waals surface area (Å²) in [5.74, 6) is 2.42. The van der Waals surface area contributed by atoms with Gasteiger partial charge >= 0.3 is 0 Å². The van der Waals surface area contributed by atoms with Gasteiger partial charge in [0.1, 0.15) is 23.7 Å². The summed E-state index contributed by atoms with van der Waals surface area (Å²) in [5.41, 5.74) is 2.72. The van der Waals surface area contributed by atoms with E-state index in [0.717, 1.165) is 36.5 Å². The van der Waals surface area contributed by atoms with E-state index in [4.69, 9.17) is 18.9 Å². The van der Waals surface area contributed by atoms with Crippen LogP contribution in [-0.2, 0) is 13.2 Å². The summed E-state index contributed by atoms with van der Waals surface area (Å²) in [5, 5.41) is 0. The molecule has 0 atom stereocenters. The Bertz CT molecular complexity index is 1110. The predicted octanol–water partition coefficient (Wildman–Crippen LogP) is 4.25. The van der Waals surface area contributed by atoms with Gasteiger partial charge in [-0.05, 0) is 35.4 Å². The first-order valence-electron chi connectivity index (χ1n) is 11.7. The average Bonchev–Trinajstić information content (AvgIpc) is 2.92. The fourth-order valence-electron chi connectivity index (χ4n) is 4.25. The van der Waals surface area contributed by atoms with Crippen molar-refractivity contribution in [3.63, 3.8) is 0 Å². The van der Waals surface area contributed by atoms with E-state index in [9.17, 15) is 4.79 Å². The molecule has 3 aromatic carbocycles. The Labute approximate surface area is 206 Å².